The number of amides is 1. The maximum Gasteiger partial charge on any atom is 0.416 e. The molecule has 9 heteroatoms. The van der Waals surface area contributed by atoms with Gasteiger partial charge < -0.3 is 4.57 Å². The molecule has 5 rings (SSSR count). The van der Waals surface area contributed by atoms with Gasteiger partial charge in [-0.15, -0.1) is 0 Å². The molecule has 1 unspecified atom stereocenters. The number of halogens is 3. The van der Waals surface area contributed by atoms with E-state index in [1.54, 1.807) is 17.7 Å². The number of alkyl halides is 3. The Hall–Kier alpha value is -3.59. The number of nitrogens with zero attached hydrogens (tertiary/aromatic N) is 4. The van der Waals surface area contributed by atoms with Gasteiger partial charge in [0.2, 0.25) is 0 Å². The van der Waals surface area contributed by atoms with Crippen molar-refractivity contribution in [1.29, 1.82) is 0 Å². The molecule has 1 aliphatic heterocycles. The molecule has 3 aromatic carbocycles. The highest BCUT2D eigenvalue weighted by molar-refractivity contribution is 8.14. The second-order valence-corrected chi connectivity index (χ2v) is 9.62. The van der Waals surface area contributed by atoms with Crippen LogP contribution in [0, 0.1) is 0 Å². The second-order valence-electron chi connectivity index (χ2n) is 8.33. The van der Waals surface area contributed by atoms with Crippen LogP contribution < -0.4 is 0 Å². The number of carbonyl (C=O) groups excluding carboxylic acids is 1. The minimum Gasteiger partial charge on any atom is -0.327 e. The van der Waals surface area contributed by atoms with Crippen LogP contribution in [0.25, 0.3) is 22.4 Å². The van der Waals surface area contributed by atoms with Crippen LogP contribution in [-0.4, -0.2) is 30.8 Å². The summed E-state index contributed by atoms with van der Waals surface area (Å²) < 4.78 is 41.4. The van der Waals surface area contributed by atoms with Gasteiger partial charge in [-0.3, -0.25) is 4.79 Å². The van der Waals surface area contributed by atoms with Crippen molar-refractivity contribution in [2.75, 3.05) is 0 Å². The number of aryl methyl sites for hydroxylation is 1. The van der Waals surface area contributed by atoms with E-state index in [1.807, 2.05) is 55.5 Å². The van der Waals surface area contributed by atoms with E-state index in [2.05, 4.69) is 10.1 Å². The zero-order chi connectivity index (χ0) is 24.7. The summed E-state index contributed by atoms with van der Waals surface area (Å²) in [6.45, 7) is 2.30. The Kier molecular flexibility index (Phi) is 5.88. The van der Waals surface area contributed by atoms with Crippen LogP contribution in [-0.2, 0) is 19.8 Å². The number of hydrogen-bond donors (Lipinski definition) is 0. The van der Waals surface area contributed by atoms with Gasteiger partial charge in [0.1, 0.15) is 5.82 Å². The number of benzene rings is 3. The molecule has 0 radical (unpaired) electrons. The van der Waals surface area contributed by atoms with Crippen LogP contribution in [0.15, 0.2) is 77.9 Å². The fourth-order valence-corrected chi connectivity index (χ4v) is 4.95. The molecule has 1 aromatic heterocycles. The Bertz CT molecular complexity index is 1450. The molecule has 0 aliphatic carbocycles. The fourth-order valence-electron chi connectivity index (χ4n) is 4.12. The van der Waals surface area contributed by atoms with Gasteiger partial charge in [-0.2, -0.15) is 18.3 Å². The number of carbonyl (C=O) groups is 1. The third-order valence-electron chi connectivity index (χ3n) is 5.90. The van der Waals surface area contributed by atoms with Crippen molar-refractivity contribution in [3.05, 3.63) is 89.5 Å². The summed E-state index contributed by atoms with van der Waals surface area (Å²) in [5.74, 6) is 0.442. The molecular weight excluding hydrogens is 473 g/mol. The normalized spacial score (nSPS) is 16.6. The van der Waals surface area contributed by atoms with Gasteiger partial charge in [0, 0.05) is 18.2 Å². The lowest BCUT2D eigenvalue weighted by molar-refractivity contribution is -0.137. The van der Waals surface area contributed by atoms with Crippen LogP contribution in [0.3, 0.4) is 0 Å². The molecule has 2 heterocycles. The maximum absolute atomic E-state index is 13.2. The van der Waals surface area contributed by atoms with E-state index in [1.165, 1.54) is 22.8 Å². The van der Waals surface area contributed by atoms with Crippen LogP contribution in [0.5, 0.6) is 0 Å². The molecule has 1 atom stereocenters. The van der Waals surface area contributed by atoms with E-state index in [9.17, 15) is 18.0 Å². The molecule has 0 fully saturated rings. The van der Waals surface area contributed by atoms with E-state index in [4.69, 9.17) is 0 Å². The van der Waals surface area contributed by atoms with Crippen LogP contribution in [0.4, 0.5) is 18.0 Å². The van der Waals surface area contributed by atoms with Gasteiger partial charge in [-0.1, -0.05) is 60.3 Å². The van der Waals surface area contributed by atoms with E-state index in [0.29, 0.717) is 23.4 Å². The topological polar surface area (TPSA) is 50.5 Å². The molecule has 1 amide bonds. The Morgan fingerprint density at radius 1 is 0.971 bits per heavy atom. The summed E-state index contributed by atoms with van der Waals surface area (Å²) in [6, 6.07) is 20.5. The molecule has 1 aliphatic rings. The summed E-state index contributed by atoms with van der Waals surface area (Å²) in [6.07, 6.45) is -4.43. The number of thioether (sulfide) groups is 1. The van der Waals surface area contributed by atoms with Gasteiger partial charge in [0.05, 0.1) is 34.1 Å². The Morgan fingerprint density at radius 2 is 1.74 bits per heavy atom. The Labute approximate surface area is 204 Å². The standard InChI is InChI=1S/C26H21F3N4OS/c1-16-23(31-33(25(34)35-16)15-17-7-4-3-5-8-17)18-11-12-22-21(14-18)30-24(32(22)2)19-9-6-10-20(13-19)26(27,28)29/h3-14,16H,15H2,1-2H3. The Balaban J connectivity index is 1.52. The average molecular weight is 495 g/mol. The second kappa shape index (κ2) is 8.88. The first-order chi connectivity index (χ1) is 16.7. The highest BCUT2D eigenvalue weighted by Gasteiger charge is 2.31. The SMILES string of the molecule is CC1SC(=O)N(Cc2ccccc2)N=C1c1ccc2c(c1)nc(-c1cccc(C(F)(F)F)c1)n2C. The van der Waals surface area contributed by atoms with Gasteiger partial charge >= 0.3 is 11.4 Å². The third-order valence-corrected chi connectivity index (χ3v) is 6.89. The molecule has 35 heavy (non-hydrogen) atoms. The molecule has 0 bridgehead atoms. The van der Waals surface area contributed by atoms with Gasteiger partial charge in [0.15, 0.2) is 0 Å². The fraction of sp³-hybridized carbons (Fsp3) is 0.192. The number of aromatic nitrogens is 2. The highest BCUT2D eigenvalue weighted by atomic mass is 32.2. The minimum atomic E-state index is -4.43. The lowest BCUT2D eigenvalue weighted by Gasteiger charge is -2.27. The first-order valence-electron chi connectivity index (χ1n) is 11.0. The molecule has 178 valence electrons. The average Bonchev–Trinajstić information content (AvgIpc) is 3.17. The number of rotatable bonds is 4. The first-order valence-corrected chi connectivity index (χ1v) is 11.8. The van der Waals surface area contributed by atoms with Gasteiger partial charge in [-0.25, -0.2) is 9.99 Å². The summed E-state index contributed by atoms with van der Waals surface area (Å²) in [5, 5.41) is 5.86. The zero-order valence-electron chi connectivity index (χ0n) is 19.0. The number of fused-ring (bicyclic) bond motifs is 1. The zero-order valence-corrected chi connectivity index (χ0v) is 19.8. The summed E-state index contributed by atoms with van der Waals surface area (Å²) in [7, 11) is 1.78. The first kappa shape index (κ1) is 23.2. The minimum absolute atomic E-state index is 0.115. The molecular formula is C26H21F3N4OS. The number of hydrazone groups is 1. The molecule has 5 nitrogen and oxygen atoms in total. The molecule has 0 spiro atoms. The smallest absolute Gasteiger partial charge is 0.327 e. The molecule has 0 saturated carbocycles. The third kappa shape index (κ3) is 4.55. The predicted octanol–water partition coefficient (Wildman–Crippen LogP) is 6.72. The van der Waals surface area contributed by atoms with Crippen LogP contribution in [0.2, 0.25) is 0 Å². The quantitative estimate of drug-likeness (QED) is 0.316. The van der Waals surface area contributed by atoms with Crippen molar-refractivity contribution in [2.45, 2.75) is 24.9 Å². The maximum atomic E-state index is 13.2. The summed E-state index contributed by atoms with van der Waals surface area (Å²) in [5.41, 5.74) is 3.64. The van der Waals surface area contributed by atoms with E-state index in [0.717, 1.165) is 34.5 Å². The summed E-state index contributed by atoms with van der Waals surface area (Å²) in [4.78, 5) is 17.2. The monoisotopic (exact) mass is 494 g/mol. The van der Waals surface area contributed by atoms with Gasteiger partial charge in [0.25, 0.3) is 0 Å². The van der Waals surface area contributed by atoms with E-state index < -0.39 is 11.7 Å². The molecule has 4 aromatic rings. The number of hydrogen-bond acceptors (Lipinski definition) is 4. The number of imidazole rings is 1. The van der Waals surface area contributed by atoms with Crippen LogP contribution >= 0.6 is 11.8 Å². The summed E-state index contributed by atoms with van der Waals surface area (Å²) >= 11 is 1.21. The van der Waals surface area contributed by atoms with Crippen molar-refractivity contribution in [2.24, 2.45) is 12.1 Å². The Morgan fingerprint density at radius 3 is 2.49 bits per heavy atom. The van der Waals surface area contributed by atoms with Crippen LogP contribution in [0.1, 0.15) is 23.6 Å². The lowest BCUT2D eigenvalue weighted by Crippen LogP contribution is -2.33. The lowest BCUT2D eigenvalue weighted by atomic mass is 10.1. The van der Waals surface area contributed by atoms with Crippen molar-refractivity contribution in [3.8, 4) is 11.4 Å². The van der Waals surface area contributed by atoms with Crippen molar-refractivity contribution in [3.63, 3.8) is 0 Å². The largest absolute Gasteiger partial charge is 0.416 e. The highest BCUT2D eigenvalue weighted by Crippen LogP contribution is 2.33. The predicted molar refractivity (Wildman–Crippen MR) is 132 cm³/mol. The van der Waals surface area contributed by atoms with E-state index >= 15 is 0 Å². The van der Waals surface area contributed by atoms with Crippen molar-refractivity contribution in [1.82, 2.24) is 14.6 Å². The van der Waals surface area contributed by atoms with Crippen molar-refractivity contribution < 1.29 is 18.0 Å². The van der Waals surface area contributed by atoms with Gasteiger partial charge in [-0.05, 0) is 36.8 Å². The molecule has 0 N–H and O–H groups in total. The molecule has 0 saturated heterocycles. The van der Waals surface area contributed by atoms with Crippen molar-refractivity contribution >= 4 is 33.7 Å². The van der Waals surface area contributed by atoms with E-state index in [-0.39, 0.29) is 10.5 Å².